The van der Waals surface area contributed by atoms with Gasteiger partial charge in [-0.1, -0.05) is 18.2 Å². The molecule has 0 atom stereocenters. The standard InChI is InChI=1S/C31H37N9/c1-20-14-28(38(4)13-12-37(2)3)26(32)15-27(20)35-31-33-17-24(22-16-34-39(5)18-22)29(36-31)25-19-40-11-7-9-21-8-6-10-23(25)30(21)40/h6,8,10,14-19H,7,9,11-13,32H2,1-5H3,(H,33,35,36). The van der Waals surface area contributed by atoms with E-state index in [1.165, 1.54) is 16.5 Å². The number of aromatic nitrogens is 5. The minimum atomic E-state index is 0.533. The maximum Gasteiger partial charge on any atom is 0.227 e. The molecular weight excluding hydrogens is 498 g/mol. The molecule has 9 nitrogen and oxygen atoms in total. The number of anilines is 4. The lowest BCUT2D eigenvalue weighted by atomic mass is 9.99. The van der Waals surface area contributed by atoms with Crippen molar-refractivity contribution in [3.05, 3.63) is 66.2 Å². The monoisotopic (exact) mass is 535 g/mol. The Balaban J connectivity index is 1.41. The molecule has 0 bridgehead atoms. The molecule has 0 saturated carbocycles. The molecule has 1 aliphatic rings. The second-order valence-electron chi connectivity index (χ2n) is 11.1. The molecule has 9 heteroatoms. The van der Waals surface area contributed by atoms with Crippen LogP contribution in [0.1, 0.15) is 17.5 Å². The lowest BCUT2D eigenvalue weighted by Gasteiger charge is -2.24. The van der Waals surface area contributed by atoms with Gasteiger partial charge < -0.3 is 25.4 Å². The van der Waals surface area contributed by atoms with Gasteiger partial charge in [-0.15, -0.1) is 0 Å². The van der Waals surface area contributed by atoms with Crippen molar-refractivity contribution in [2.75, 3.05) is 50.2 Å². The van der Waals surface area contributed by atoms with Gasteiger partial charge in [-0.25, -0.2) is 9.97 Å². The molecular formula is C31H37N9. The molecule has 2 aromatic carbocycles. The number of benzene rings is 2. The Morgan fingerprint density at radius 3 is 2.67 bits per heavy atom. The molecule has 0 amide bonds. The number of para-hydroxylation sites is 1. The molecule has 3 aromatic heterocycles. The predicted molar refractivity (Wildman–Crippen MR) is 164 cm³/mol. The van der Waals surface area contributed by atoms with E-state index in [0.717, 1.165) is 77.5 Å². The van der Waals surface area contributed by atoms with Gasteiger partial charge in [-0.3, -0.25) is 4.68 Å². The van der Waals surface area contributed by atoms with Crippen LogP contribution < -0.4 is 16.0 Å². The molecule has 3 N–H and O–H groups in total. The fourth-order valence-corrected chi connectivity index (χ4v) is 5.63. The molecule has 0 spiro atoms. The smallest absolute Gasteiger partial charge is 0.227 e. The van der Waals surface area contributed by atoms with Crippen LogP contribution in [-0.2, 0) is 20.0 Å². The largest absolute Gasteiger partial charge is 0.397 e. The maximum absolute atomic E-state index is 6.53. The maximum atomic E-state index is 6.53. The van der Waals surface area contributed by atoms with E-state index in [1.807, 2.05) is 36.4 Å². The van der Waals surface area contributed by atoms with Crippen molar-refractivity contribution >= 4 is 33.9 Å². The Bertz CT molecular complexity index is 1700. The molecule has 206 valence electrons. The molecule has 6 rings (SSSR count). The Hall–Kier alpha value is -4.37. The van der Waals surface area contributed by atoms with Crippen LogP contribution in [0.3, 0.4) is 0 Å². The quantitative estimate of drug-likeness (QED) is 0.268. The van der Waals surface area contributed by atoms with Crippen LogP contribution in [0.2, 0.25) is 0 Å². The Morgan fingerprint density at radius 2 is 1.90 bits per heavy atom. The van der Waals surface area contributed by atoms with Gasteiger partial charge >= 0.3 is 0 Å². The molecule has 5 aromatic rings. The number of nitrogens with zero attached hydrogens (tertiary/aromatic N) is 7. The molecule has 40 heavy (non-hydrogen) atoms. The highest BCUT2D eigenvalue weighted by Crippen LogP contribution is 2.39. The van der Waals surface area contributed by atoms with Crippen LogP contribution in [0.25, 0.3) is 33.3 Å². The lowest BCUT2D eigenvalue weighted by Crippen LogP contribution is -2.29. The summed E-state index contributed by atoms with van der Waals surface area (Å²) < 4.78 is 4.19. The molecule has 0 fully saturated rings. The van der Waals surface area contributed by atoms with E-state index in [0.29, 0.717) is 5.95 Å². The third-order valence-electron chi connectivity index (χ3n) is 7.80. The minimum absolute atomic E-state index is 0.533. The summed E-state index contributed by atoms with van der Waals surface area (Å²) in [5, 5.41) is 9.09. The molecule has 4 heterocycles. The van der Waals surface area contributed by atoms with Crippen LogP contribution in [0, 0.1) is 6.92 Å². The fraction of sp³-hybridized carbons (Fsp3) is 0.323. The first-order valence-electron chi connectivity index (χ1n) is 13.8. The van der Waals surface area contributed by atoms with Crippen LogP contribution in [0.4, 0.5) is 23.0 Å². The van der Waals surface area contributed by atoms with Gasteiger partial charge in [0, 0.05) is 80.1 Å². The van der Waals surface area contributed by atoms with Crippen LogP contribution >= 0.6 is 0 Å². The number of aryl methyl sites for hydroxylation is 4. The van der Waals surface area contributed by atoms with E-state index in [-0.39, 0.29) is 0 Å². The summed E-state index contributed by atoms with van der Waals surface area (Å²) in [5.74, 6) is 0.533. The predicted octanol–water partition coefficient (Wildman–Crippen LogP) is 5.08. The Morgan fingerprint density at radius 1 is 1.05 bits per heavy atom. The second kappa shape index (κ2) is 10.3. The number of hydrogen-bond acceptors (Lipinski definition) is 7. The Labute approximate surface area is 235 Å². The van der Waals surface area contributed by atoms with Gasteiger partial charge in [0.05, 0.1) is 28.8 Å². The van der Waals surface area contributed by atoms with Gasteiger partial charge in [-0.05, 0) is 57.1 Å². The van der Waals surface area contributed by atoms with Crippen molar-refractivity contribution in [2.45, 2.75) is 26.3 Å². The highest BCUT2D eigenvalue weighted by Gasteiger charge is 2.21. The number of nitrogen functional groups attached to an aromatic ring is 1. The molecule has 0 aliphatic carbocycles. The van der Waals surface area contributed by atoms with Gasteiger partial charge in [0.1, 0.15) is 0 Å². The molecule has 0 radical (unpaired) electrons. The van der Waals surface area contributed by atoms with Crippen LogP contribution in [0.5, 0.6) is 0 Å². The normalized spacial score (nSPS) is 12.8. The summed E-state index contributed by atoms with van der Waals surface area (Å²) in [6.45, 7) is 4.94. The third kappa shape index (κ3) is 4.77. The molecule has 0 unspecified atom stereocenters. The van der Waals surface area contributed by atoms with E-state index in [9.17, 15) is 0 Å². The van der Waals surface area contributed by atoms with E-state index < -0.39 is 0 Å². The topological polar surface area (TPSA) is 93.1 Å². The minimum Gasteiger partial charge on any atom is -0.397 e. The second-order valence-corrected chi connectivity index (χ2v) is 11.1. The van der Waals surface area contributed by atoms with Crippen molar-refractivity contribution in [3.63, 3.8) is 0 Å². The van der Waals surface area contributed by atoms with Crippen molar-refractivity contribution in [1.82, 2.24) is 29.2 Å². The zero-order chi connectivity index (χ0) is 28.0. The van der Waals surface area contributed by atoms with E-state index in [1.54, 1.807) is 0 Å². The summed E-state index contributed by atoms with van der Waals surface area (Å²) in [6, 6.07) is 10.7. The zero-order valence-electron chi connectivity index (χ0n) is 23.9. The first-order chi connectivity index (χ1) is 19.3. The highest BCUT2D eigenvalue weighted by atomic mass is 15.2. The average molecular weight is 536 g/mol. The third-order valence-corrected chi connectivity index (χ3v) is 7.80. The first-order valence-corrected chi connectivity index (χ1v) is 13.8. The van der Waals surface area contributed by atoms with Gasteiger partial charge in [0.15, 0.2) is 0 Å². The SMILES string of the molecule is Cc1cc(N(C)CCN(C)C)c(N)cc1Nc1ncc(-c2cnn(C)c2)c(-c2cn3c4c(cccc24)CCC3)n1. The number of hydrogen-bond donors (Lipinski definition) is 2. The highest BCUT2D eigenvalue weighted by molar-refractivity contribution is 6.00. The van der Waals surface area contributed by atoms with E-state index in [4.69, 9.17) is 15.7 Å². The van der Waals surface area contributed by atoms with E-state index in [2.05, 4.69) is 83.3 Å². The zero-order valence-corrected chi connectivity index (χ0v) is 23.9. The number of likely N-dealkylation sites (N-methyl/N-ethyl adjacent to an activating group) is 2. The first kappa shape index (κ1) is 25.9. The van der Waals surface area contributed by atoms with Crippen LogP contribution in [-0.4, -0.2) is 63.4 Å². The average Bonchev–Trinajstić information content (AvgIpc) is 3.54. The number of rotatable bonds is 8. The van der Waals surface area contributed by atoms with Gasteiger partial charge in [0.25, 0.3) is 0 Å². The van der Waals surface area contributed by atoms with Crippen molar-refractivity contribution in [1.29, 1.82) is 0 Å². The fourth-order valence-electron chi connectivity index (χ4n) is 5.63. The van der Waals surface area contributed by atoms with Gasteiger partial charge in [-0.2, -0.15) is 5.10 Å². The number of nitrogens with one attached hydrogen (secondary N) is 1. The summed E-state index contributed by atoms with van der Waals surface area (Å²) in [7, 11) is 8.16. The number of nitrogens with two attached hydrogens (primary N) is 1. The van der Waals surface area contributed by atoms with E-state index >= 15 is 0 Å². The van der Waals surface area contributed by atoms with Crippen LogP contribution in [0.15, 0.2) is 55.1 Å². The summed E-state index contributed by atoms with van der Waals surface area (Å²) >= 11 is 0. The van der Waals surface area contributed by atoms with Crippen molar-refractivity contribution in [3.8, 4) is 22.4 Å². The van der Waals surface area contributed by atoms with Crippen molar-refractivity contribution < 1.29 is 0 Å². The summed E-state index contributed by atoms with van der Waals surface area (Å²) in [6.07, 6.45) is 10.3. The van der Waals surface area contributed by atoms with Gasteiger partial charge in [0.2, 0.25) is 5.95 Å². The molecule has 1 aliphatic heterocycles. The lowest BCUT2D eigenvalue weighted by molar-refractivity contribution is 0.416. The molecule has 0 saturated heterocycles. The Kier molecular flexibility index (Phi) is 6.67. The summed E-state index contributed by atoms with van der Waals surface area (Å²) in [5.41, 5.74) is 16.9. The van der Waals surface area contributed by atoms with Crippen molar-refractivity contribution in [2.24, 2.45) is 7.05 Å². The summed E-state index contributed by atoms with van der Waals surface area (Å²) in [4.78, 5) is 14.2.